The molecule has 0 aromatic heterocycles. The average Bonchev–Trinajstić information content (AvgIpc) is 3.10. The van der Waals surface area contributed by atoms with Crippen LogP contribution in [0.5, 0.6) is 0 Å². The molecule has 0 bridgehead atoms. The minimum atomic E-state index is -0.723. The molecule has 1 saturated carbocycles. The lowest BCUT2D eigenvalue weighted by molar-refractivity contribution is -0.148. The number of rotatable bonds is 3. The first-order valence-corrected chi connectivity index (χ1v) is 11.0. The van der Waals surface area contributed by atoms with Crippen LogP contribution < -0.4 is 0 Å². The Hall–Kier alpha value is -2.82. The third kappa shape index (κ3) is 3.17. The van der Waals surface area contributed by atoms with Crippen LogP contribution in [0.2, 0.25) is 0 Å². The van der Waals surface area contributed by atoms with E-state index in [0.29, 0.717) is 19.6 Å². The van der Waals surface area contributed by atoms with Gasteiger partial charge in [0.25, 0.3) is 0 Å². The molecule has 5 heteroatoms. The Kier molecular flexibility index (Phi) is 4.97. The molecule has 2 aromatic carbocycles. The highest BCUT2D eigenvalue weighted by Crippen LogP contribution is 2.45. The fourth-order valence-corrected chi connectivity index (χ4v) is 5.86. The number of carbonyl (C=O) groups is 2. The third-order valence-electron chi connectivity index (χ3n) is 7.27. The molecule has 2 fully saturated rings. The lowest BCUT2D eigenvalue weighted by atomic mass is 9.72. The lowest BCUT2D eigenvalue weighted by Gasteiger charge is -2.46. The molecule has 156 valence electrons. The largest absolute Gasteiger partial charge is 0.481 e. The first-order chi connectivity index (χ1) is 14.6. The number of benzene rings is 2. The molecule has 3 aliphatic rings. The van der Waals surface area contributed by atoms with Crippen LogP contribution in [-0.4, -0.2) is 41.3 Å². The highest BCUT2D eigenvalue weighted by Gasteiger charge is 2.44. The summed E-state index contributed by atoms with van der Waals surface area (Å²) < 4.78 is 5.86. The molecule has 0 spiro atoms. The maximum atomic E-state index is 13.1. The van der Waals surface area contributed by atoms with Gasteiger partial charge in [-0.3, -0.25) is 4.79 Å². The Morgan fingerprint density at radius 1 is 0.933 bits per heavy atom. The summed E-state index contributed by atoms with van der Waals surface area (Å²) in [4.78, 5) is 26.6. The highest BCUT2D eigenvalue weighted by molar-refractivity contribution is 5.79. The van der Waals surface area contributed by atoms with E-state index < -0.39 is 5.97 Å². The average molecular weight is 405 g/mol. The molecule has 5 rings (SSSR count). The summed E-state index contributed by atoms with van der Waals surface area (Å²) in [7, 11) is 0. The number of carboxylic acids is 1. The molecule has 1 aliphatic heterocycles. The Balaban J connectivity index is 1.32. The third-order valence-corrected chi connectivity index (χ3v) is 7.27. The number of ether oxygens (including phenoxy) is 1. The monoisotopic (exact) mass is 405 g/mol. The van der Waals surface area contributed by atoms with Gasteiger partial charge >= 0.3 is 12.1 Å². The van der Waals surface area contributed by atoms with E-state index in [2.05, 4.69) is 24.3 Å². The van der Waals surface area contributed by atoms with Crippen LogP contribution in [-0.2, 0) is 9.53 Å². The van der Waals surface area contributed by atoms with Gasteiger partial charge in [0.1, 0.15) is 6.61 Å². The Morgan fingerprint density at radius 3 is 2.23 bits per heavy atom. The van der Waals surface area contributed by atoms with E-state index in [1.54, 1.807) is 0 Å². The Labute approximate surface area is 176 Å². The highest BCUT2D eigenvalue weighted by atomic mass is 16.6. The van der Waals surface area contributed by atoms with Crippen LogP contribution in [0.15, 0.2) is 48.5 Å². The zero-order valence-corrected chi connectivity index (χ0v) is 17.0. The minimum Gasteiger partial charge on any atom is -0.481 e. The van der Waals surface area contributed by atoms with E-state index in [9.17, 15) is 14.7 Å². The predicted molar refractivity (Wildman–Crippen MR) is 113 cm³/mol. The number of piperidine rings is 1. The molecule has 30 heavy (non-hydrogen) atoms. The van der Waals surface area contributed by atoms with Crippen LogP contribution in [0.1, 0.15) is 49.1 Å². The first kappa shape index (κ1) is 19.2. The maximum absolute atomic E-state index is 13.1. The van der Waals surface area contributed by atoms with Gasteiger partial charge in [0.05, 0.1) is 5.92 Å². The minimum absolute atomic E-state index is 0.00995. The Morgan fingerprint density at radius 2 is 1.57 bits per heavy atom. The van der Waals surface area contributed by atoms with Crippen molar-refractivity contribution in [3.8, 4) is 11.1 Å². The molecule has 1 heterocycles. The second-order valence-corrected chi connectivity index (χ2v) is 8.75. The quantitative estimate of drug-likeness (QED) is 0.789. The molecule has 3 unspecified atom stereocenters. The van der Waals surface area contributed by atoms with Gasteiger partial charge in [-0.25, -0.2) is 4.79 Å². The van der Waals surface area contributed by atoms with Crippen molar-refractivity contribution in [2.45, 2.75) is 44.1 Å². The summed E-state index contributed by atoms with van der Waals surface area (Å²) in [5.41, 5.74) is 4.82. The number of aliphatic carboxylic acids is 1. The second kappa shape index (κ2) is 7.78. The zero-order valence-electron chi connectivity index (χ0n) is 17.0. The fraction of sp³-hybridized carbons (Fsp3) is 0.440. The zero-order chi connectivity index (χ0) is 20.7. The fourth-order valence-electron chi connectivity index (χ4n) is 5.86. The van der Waals surface area contributed by atoms with Gasteiger partial charge in [-0.15, -0.1) is 0 Å². The number of amides is 1. The smallest absolute Gasteiger partial charge is 0.410 e. The van der Waals surface area contributed by atoms with Gasteiger partial charge in [-0.05, 0) is 47.4 Å². The maximum Gasteiger partial charge on any atom is 0.410 e. The van der Waals surface area contributed by atoms with E-state index in [4.69, 9.17) is 4.74 Å². The summed E-state index contributed by atoms with van der Waals surface area (Å²) in [5.74, 6) is -0.974. The van der Waals surface area contributed by atoms with Crippen molar-refractivity contribution in [1.29, 1.82) is 0 Å². The summed E-state index contributed by atoms with van der Waals surface area (Å²) in [6.45, 7) is 0.776. The van der Waals surface area contributed by atoms with E-state index in [1.807, 2.05) is 29.2 Å². The van der Waals surface area contributed by atoms with Crippen molar-refractivity contribution < 1.29 is 19.4 Å². The van der Waals surface area contributed by atoms with Crippen molar-refractivity contribution in [2.24, 2.45) is 11.8 Å². The van der Waals surface area contributed by atoms with E-state index in [-0.39, 0.29) is 29.9 Å². The summed E-state index contributed by atoms with van der Waals surface area (Å²) >= 11 is 0. The van der Waals surface area contributed by atoms with Crippen molar-refractivity contribution in [3.63, 3.8) is 0 Å². The van der Waals surface area contributed by atoms with Crippen molar-refractivity contribution in [1.82, 2.24) is 4.90 Å². The summed E-state index contributed by atoms with van der Waals surface area (Å²) in [6, 6.07) is 16.6. The van der Waals surface area contributed by atoms with Crippen LogP contribution in [0, 0.1) is 11.8 Å². The summed E-state index contributed by atoms with van der Waals surface area (Å²) in [6.07, 6.45) is 4.07. The molecular weight excluding hydrogens is 378 g/mol. The molecule has 2 aromatic rings. The van der Waals surface area contributed by atoms with Gasteiger partial charge in [-0.1, -0.05) is 61.4 Å². The first-order valence-electron chi connectivity index (χ1n) is 11.0. The van der Waals surface area contributed by atoms with Gasteiger partial charge in [0.2, 0.25) is 0 Å². The van der Waals surface area contributed by atoms with Crippen LogP contribution in [0.4, 0.5) is 4.79 Å². The molecule has 3 atom stereocenters. The number of hydrogen-bond acceptors (Lipinski definition) is 3. The van der Waals surface area contributed by atoms with E-state index in [0.717, 1.165) is 25.7 Å². The summed E-state index contributed by atoms with van der Waals surface area (Å²) in [5, 5.41) is 9.60. The molecule has 2 aliphatic carbocycles. The normalized spacial score (nSPS) is 25.2. The number of likely N-dealkylation sites (tertiary alicyclic amines) is 1. The SMILES string of the molecule is O=C(O)C1CCN(C(=O)OCC2c3ccccc3-c3ccccc32)C2CCCCC12. The molecule has 1 amide bonds. The van der Waals surface area contributed by atoms with E-state index >= 15 is 0 Å². The molecule has 5 nitrogen and oxygen atoms in total. The predicted octanol–water partition coefficient (Wildman–Crippen LogP) is 4.90. The standard InChI is InChI=1S/C25H27NO4/c27-24(28)21-13-14-26(23-12-6-5-11-20(21)23)25(29)30-15-22-18-9-3-1-7-16(18)17-8-2-4-10-19(17)22/h1-4,7-10,20-23H,5-6,11-15H2,(H,27,28). The topological polar surface area (TPSA) is 66.8 Å². The van der Waals surface area contributed by atoms with Gasteiger partial charge in [0.15, 0.2) is 0 Å². The van der Waals surface area contributed by atoms with Gasteiger partial charge in [0, 0.05) is 18.5 Å². The number of nitrogens with zero attached hydrogens (tertiary/aromatic N) is 1. The van der Waals surface area contributed by atoms with Gasteiger partial charge in [-0.2, -0.15) is 0 Å². The van der Waals surface area contributed by atoms with Crippen molar-refractivity contribution >= 4 is 12.1 Å². The van der Waals surface area contributed by atoms with Crippen molar-refractivity contribution in [2.75, 3.05) is 13.2 Å². The van der Waals surface area contributed by atoms with Crippen molar-refractivity contribution in [3.05, 3.63) is 59.7 Å². The van der Waals surface area contributed by atoms with Crippen LogP contribution >= 0.6 is 0 Å². The number of fused-ring (bicyclic) bond motifs is 4. The number of carboxylic acid groups (broad SMARTS) is 1. The van der Waals surface area contributed by atoms with Gasteiger partial charge < -0.3 is 14.7 Å². The number of hydrogen-bond donors (Lipinski definition) is 1. The molecule has 1 saturated heterocycles. The molecule has 1 N–H and O–H groups in total. The lowest BCUT2D eigenvalue weighted by Crippen LogP contribution is -2.54. The van der Waals surface area contributed by atoms with E-state index in [1.165, 1.54) is 22.3 Å². The van der Waals surface area contributed by atoms with Crippen LogP contribution in [0.25, 0.3) is 11.1 Å². The number of carbonyl (C=O) groups excluding carboxylic acids is 1. The van der Waals surface area contributed by atoms with Crippen LogP contribution in [0.3, 0.4) is 0 Å². The molecule has 0 radical (unpaired) electrons. The second-order valence-electron chi connectivity index (χ2n) is 8.75. The molecular formula is C25H27NO4. The Bertz CT molecular complexity index is 926.